The Balaban J connectivity index is 2.78. The summed E-state index contributed by atoms with van der Waals surface area (Å²) >= 11 is 0. The molecule has 126 valence electrons. The fraction of sp³-hybridized carbons (Fsp3) is 0.857. The number of esters is 1. The fourth-order valence-electron chi connectivity index (χ4n) is 2.54. The van der Waals surface area contributed by atoms with Crippen LogP contribution in [0.3, 0.4) is 0 Å². The van der Waals surface area contributed by atoms with E-state index >= 15 is 0 Å². The van der Waals surface area contributed by atoms with Crippen LogP contribution in [0.2, 0.25) is 0 Å². The van der Waals surface area contributed by atoms with Crippen molar-refractivity contribution < 1.29 is 24.0 Å². The zero-order valence-electron chi connectivity index (χ0n) is 13.5. The van der Waals surface area contributed by atoms with Gasteiger partial charge in [-0.15, -0.1) is 0 Å². The molecule has 1 amide bonds. The number of likely N-dealkylation sites (tertiary alicyclic amines) is 1. The summed E-state index contributed by atoms with van der Waals surface area (Å²) in [4.78, 5) is 35.6. The minimum atomic E-state index is -0.634. The highest BCUT2D eigenvalue weighted by atomic mass is 16.6. The van der Waals surface area contributed by atoms with Gasteiger partial charge in [-0.2, -0.15) is 0 Å². The van der Waals surface area contributed by atoms with Crippen LogP contribution in [0.4, 0.5) is 4.79 Å². The molecule has 0 bridgehead atoms. The minimum absolute atomic E-state index is 0.0178. The molecular weight excluding hydrogens is 292 g/mol. The lowest BCUT2D eigenvalue weighted by Gasteiger charge is -2.38. The second-order valence-corrected chi connectivity index (χ2v) is 6.51. The summed E-state index contributed by atoms with van der Waals surface area (Å²) in [5, 5.41) is 10.7. The van der Waals surface area contributed by atoms with E-state index in [4.69, 9.17) is 4.74 Å². The number of hydrogen-bond donors (Lipinski definition) is 0. The molecule has 2 unspecified atom stereocenters. The predicted octanol–water partition coefficient (Wildman–Crippen LogP) is 1.84. The zero-order chi connectivity index (χ0) is 16.9. The highest BCUT2D eigenvalue weighted by Gasteiger charge is 2.37. The SMILES string of the molecule is COC(=O)CC1CC(C[N+](=O)[O-])CCN1C(=O)OC(C)(C)C. The number of carbonyl (C=O) groups is 2. The molecule has 1 aliphatic rings. The maximum Gasteiger partial charge on any atom is 0.410 e. The van der Waals surface area contributed by atoms with Gasteiger partial charge in [-0.1, -0.05) is 0 Å². The first-order chi connectivity index (χ1) is 10.1. The maximum absolute atomic E-state index is 12.2. The predicted molar refractivity (Wildman–Crippen MR) is 77.9 cm³/mol. The lowest BCUT2D eigenvalue weighted by molar-refractivity contribution is -0.489. The van der Waals surface area contributed by atoms with Gasteiger partial charge in [-0.3, -0.25) is 14.9 Å². The molecule has 0 radical (unpaired) electrons. The van der Waals surface area contributed by atoms with E-state index in [2.05, 4.69) is 4.74 Å². The van der Waals surface area contributed by atoms with Crippen LogP contribution >= 0.6 is 0 Å². The quantitative estimate of drug-likeness (QED) is 0.446. The summed E-state index contributed by atoms with van der Waals surface area (Å²) < 4.78 is 9.99. The average molecular weight is 316 g/mol. The first kappa shape index (κ1) is 18.2. The molecule has 1 heterocycles. The molecule has 1 fully saturated rings. The average Bonchev–Trinajstić information content (AvgIpc) is 2.35. The number of nitrogens with zero attached hydrogens (tertiary/aromatic N) is 2. The Hall–Kier alpha value is -1.86. The van der Waals surface area contributed by atoms with Crippen LogP contribution in [0.1, 0.15) is 40.0 Å². The number of rotatable bonds is 4. The van der Waals surface area contributed by atoms with Crippen molar-refractivity contribution in [2.24, 2.45) is 5.92 Å². The molecule has 1 aliphatic heterocycles. The van der Waals surface area contributed by atoms with Gasteiger partial charge in [0.05, 0.1) is 13.5 Å². The fourth-order valence-corrected chi connectivity index (χ4v) is 2.54. The zero-order valence-corrected chi connectivity index (χ0v) is 13.5. The van der Waals surface area contributed by atoms with Gasteiger partial charge >= 0.3 is 12.1 Å². The summed E-state index contributed by atoms with van der Waals surface area (Å²) in [7, 11) is 1.28. The van der Waals surface area contributed by atoms with Crippen LogP contribution in [0.5, 0.6) is 0 Å². The summed E-state index contributed by atoms with van der Waals surface area (Å²) in [6.07, 6.45) is 0.443. The van der Waals surface area contributed by atoms with Crippen LogP contribution in [0, 0.1) is 16.0 Å². The van der Waals surface area contributed by atoms with Crippen molar-refractivity contribution in [1.29, 1.82) is 0 Å². The van der Waals surface area contributed by atoms with E-state index in [1.54, 1.807) is 20.8 Å². The Kier molecular flexibility index (Phi) is 6.13. The van der Waals surface area contributed by atoms with E-state index in [-0.39, 0.29) is 23.8 Å². The second-order valence-electron chi connectivity index (χ2n) is 6.51. The Bertz CT molecular complexity index is 432. The van der Waals surface area contributed by atoms with Crippen molar-refractivity contribution in [3.05, 3.63) is 10.1 Å². The molecule has 0 aromatic rings. The van der Waals surface area contributed by atoms with Crippen molar-refractivity contribution in [1.82, 2.24) is 4.90 Å². The molecule has 0 aromatic carbocycles. The molecular formula is C14H24N2O6. The normalized spacial score (nSPS) is 22.1. The van der Waals surface area contributed by atoms with Gasteiger partial charge in [0.25, 0.3) is 0 Å². The topological polar surface area (TPSA) is 99.0 Å². The van der Waals surface area contributed by atoms with Crippen LogP contribution in [-0.4, -0.2) is 53.7 Å². The smallest absolute Gasteiger partial charge is 0.410 e. The van der Waals surface area contributed by atoms with Gasteiger partial charge in [-0.25, -0.2) is 4.79 Å². The molecule has 1 rings (SSSR count). The first-order valence-corrected chi connectivity index (χ1v) is 7.30. The first-order valence-electron chi connectivity index (χ1n) is 7.30. The van der Waals surface area contributed by atoms with Gasteiger partial charge in [0.15, 0.2) is 0 Å². The van der Waals surface area contributed by atoms with Gasteiger partial charge in [0.1, 0.15) is 5.60 Å². The maximum atomic E-state index is 12.2. The Morgan fingerprint density at radius 1 is 1.36 bits per heavy atom. The van der Waals surface area contributed by atoms with Crippen molar-refractivity contribution >= 4 is 12.1 Å². The van der Waals surface area contributed by atoms with Crippen molar-refractivity contribution in [3.63, 3.8) is 0 Å². The number of hydrogen-bond acceptors (Lipinski definition) is 6. The lowest BCUT2D eigenvalue weighted by Crippen LogP contribution is -2.49. The largest absolute Gasteiger partial charge is 0.469 e. The van der Waals surface area contributed by atoms with Gasteiger partial charge in [0.2, 0.25) is 6.54 Å². The molecule has 22 heavy (non-hydrogen) atoms. The third-order valence-electron chi connectivity index (χ3n) is 3.49. The van der Waals surface area contributed by atoms with E-state index in [0.29, 0.717) is 19.4 Å². The molecule has 0 aliphatic carbocycles. The standard InChI is InChI=1S/C14H24N2O6/c1-14(2,3)22-13(18)15-6-5-10(9-16(19)20)7-11(15)8-12(17)21-4/h10-11H,5-9H2,1-4H3. The molecule has 0 aromatic heterocycles. The summed E-state index contributed by atoms with van der Waals surface area (Å²) in [5.74, 6) is -0.594. The summed E-state index contributed by atoms with van der Waals surface area (Å²) in [6, 6.07) is -0.430. The summed E-state index contributed by atoms with van der Waals surface area (Å²) in [6.45, 7) is 5.48. The van der Waals surface area contributed by atoms with Crippen LogP contribution in [0.25, 0.3) is 0 Å². The minimum Gasteiger partial charge on any atom is -0.469 e. The van der Waals surface area contributed by atoms with Gasteiger partial charge < -0.3 is 14.4 Å². The molecule has 8 heteroatoms. The van der Waals surface area contributed by atoms with Crippen molar-refractivity contribution in [2.75, 3.05) is 20.2 Å². The molecule has 1 saturated heterocycles. The van der Waals surface area contributed by atoms with Crippen LogP contribution in [-0.2, 0) is 14.3 Å². The highest BCUT2D eigenvalue weighted by Crippen LogP contribution is 2.27. The third-order valence-corrected chi connectivity index (χ3v) is 3.49. The van der Waals surface area contributed by atoms with E-state index in [1.807, 2.05) is 0 Å². The van der Waals surface area contributed by atoms with E-state index in [0.717, 1.165) is 0 Å². The number of methoxy groups -OCH3 is 1. The van der Waals surface area contributed by atoms with Crippen molar-refractivity contribution in [3.8, 4) is 0 Å². The summed E-state index contributed by atoms with van der Waals surface area (Å²) in [5.41, 5.74) is -0.634. The van der Waals surface area contributed by atoms with E-state index in [9.17, 15) is 19.7 Å². The molecule has 0 spiro atoms. The number of nitro groups is 1. The third kappa shape index (κ3) is 5.87. The highest BCUT2D eigenvalue weighted by molar-refractivity contribution is 5.73. The Labute approximate surface area is 129 Å². The monoisotopic (exact) mass is 316 g/mol. The number of ether oxygens (including phenoxy) is 2. The molecule has 0 N–H and O–H groups in total. The van der Waals surface area contributed by atoms with Crippen molar-refractivity contribution in [2.45, 2.75) is 51.7 Å². The number of carbonyl (C=O) groups excluding carboxylic acids is 2. The Morgan fingerprint density at radius 3 is 2.50 bits per heavy atom. The molecule has 8 nitrogen and oxygen atoms in total. The van der Waals surface area contributed by atoms with E-state index in [1.165, 1.54) is 12.0 Å². The second kappa shape index (κ2) is 7.42. The van der Waals surface area contributed by atoms with Gasteiger partial charge in [0, 0.05) is 23.4 Å². The van der Waals surface area contributed by atoms with Crippen LogP contribution in [0.15, 0.2) is 0 Å². The number of amides is 1. The Morgan fingerprint density at radius 2 is 2.00 bits per heavy atom. The number of piperidine rings is 1. The molecule has 2 atom stereocenters. The van der Waals surface area contributed by atoms with Gasteiger partial charge in [-0.05, 0) is 33.6 Å². The van der Waals surface area contributed by atoms with E-state index < -0.39 is 23.7 Å². The lowest BCUT2D eigenvalue weighted by atomic mass is 9.89. The van der Waals surface area contributed by atoms with Crippen LogP contribution < -0.4 is 0 Å². The molecule has 0 saturated carbocycles.